The van der Waals surface area contributed by atoms with E-state index in [-0.39, 0.29) is 16.5 Å². The Morgan fingerprint density at radius 1 is 1.50 bits per heavy atom. The van der Waals surface area contributed by atoms with Gasteiger partial charge in [-0.3, -0.25) is 0 Å². The molecule has 0 radical (unpaired) electrons. The van der Waals surface area contributed by atoms with Crippen LogP contribution in [0, 0.1) is 0 Å². The van der Waals surface area contributed by atoms with E-state index in [1.54, 1.807) is 25.1 Å². The van der Waals surface area contributed by atoms with E-state index < -0.39 is 9.84 Å². The van der Waals surface area contributed by atoms with Gasteiger partial charge in [-0.2, -0.15) is 0 Å². The van der Waals surface area contributed by atoms with Crippen molar-refractivity contribution in [1.82, 2.24) is 0 Å². The van der Waals surface area contributed by atoms with Crippen molar-refractivity contribution in [3.8, 4) is 0 Å². The van der Waals surface area contributed by atoms with Crippen molar-refractivity contribution in [1.29, 1.82) is 0 Å². The highest BCUT2D eigenvalue weighted by atomic mass is 35.5. The first-order valence-electron chi connectivity index (χ1n) is 5.39. The molecule has 0 amide bonds. The van der Waals surface area contributed by atoms with Crippen LogP contribution in [0.25, 0.3) is 0 Å². The Morgan fingerprint density at radius 3 is 2.72 bits per heavy atom. The molecule has 7 heteroatoms. The third-order valence-electron chi connectivity index (χ3n) is 2.42. The van der Waals surface area contributed by atoms with E-state index in [4.69, 9.17) is 29.6 Å². The number of nitrogens with two attached hydrogens (primary N) is 1. The number of anilines is 1. The lowest BCUT2D eigenvalue weighted by molar-refractivity contribution is 0.597. The summed E-state index contributed by atoms with van der Waals surface area (Å²) in [5, 5.41) is 3.54. The number of sulfone groups is 1. The van der Waals surface area contributed by atoms with E-state index >= 15 is 0 Å². The first-order chi connectivity index (χ1) is 8.35. The largest absolute Gasteiger partial charge is 0.389 e. The van der Waals surface area contributed by atoms with Gasteiger partial charge in [0.1, 0.15) is 4.99 Å². The first-order valence-corrected chi connectivity index (χ1v) is 8.00. The van der Waals surface area contributed by atoms with Crippen LogP contribution in [0.3, 0.4) is 0 Å². The number of benzene rings is 1. The number of thiocarbonyl (C=S) groups is 1. The van der Waals surface area contributed by atoms with E-state index in [0.29, 0.717) is 22.8 Å². The maximum Gasteiger partial charge on any atom is 0.151 e. The van der Waals surface area contributed by atoms with E-state index in [0.717, 1.165) is 0 Å². The molecule has 3 N–H and O–H groups in total. The van der Waals surface area contributed by atoms with Crippen molar-refractivity contribution in [2.45, 2.75) is 6.92 Å². The summed E-state index contributed by atoms with van der Waals surface area (Å²) < 4.78 is 22.7. The molecule has 0 fully saturated rings. The molecule has 0 unspecified atom stereocenters. The zero-order valence-electron chi connectivity index (χ0n) is 9.94. The SMILES string of the molecule is CCS(=O)(=O)CCNc1ccc(Cl)cc1C(N)=S. The van der Waals surface area contributed by atoms with Gasteiger partial charge in [0.25, 0.3) is 0 Å². The molecule has 0 saturated carbocycles. The molecule has 0 saturated heterocycles. The van der Waals surface area contributed by atoms with Crippen LogP contribution >= 0.6 is 23.8 Å². The molecule has 0 heterocycles. The summed E-state index contributed by atoms with van der Waals surface area (Å²) in [7, 11) is -2.98. The van der Waals surface area contributed by atoms with Gasteiger partial charge in [-0.15, -0.1) is 0 Å². The molecular formula is C11H15ClN2O2S2. The van der Waals surface area contributed by atoms with Gasteiger partial charge in [0.05, 0.1) is 5.75 Å². The van der Waals surface area contributed by atoms with Crippen molar-refractivity contribution in [3.05, 3.63) is 28.8 Å². The average molecular weight is 307 g/mol. The molecule has 1 rings (SSSR count). The maximum atomic E-state index is 11.4. The van der Waals surface area contributed by atoms with Crippen LogP contribution < -0.4 is 11.1 Å². The Bertz CT molecular complexity index is 544. The molecule has 18 heavy (non-hydrogen) atoms. The Balaban J connectivity index is 2.77. The van der Waals surface area contributed by atoms with Gasteiger partial charge in [-0.1, -0.05) is 30.7 Å². The van der Waals surface area contributed by atoms with Crippen molar-refractivity contribution in [2.75, 3.05) is 23.4 Å². The third kappa shape index (κ3) is 4.44. The fourth-order valence-corrected chi connectivity index (χ4v) is 2.40. The molecule has 0 aliphatic heterocycles. The molecule has 4 nitrogen and oxygen atoms in total. The highest BCUT2D eigenvalue weighted by Gasteiger charge is 2.09. The van der Waals surface area contributed by atoms with Gasteiger partial charge in [-0.25, -0.2) is 8.42 Å². The molecule has 0 atom stereocenters. The van der Waals surface area contributed by atoms with Gasteiger partial charge < -0.3 is 11.1 Å². The van der Waals surface area contributed by atoms with E-state index in [1.807, 2.05) is 0 Å². The quantitative estimate of drug-likeness (QED) is 0.784. The summed E-state index contributed by atoms with van der Waals surface area (Å²) in [5.41, 5.74) is 6.89. The van der Waals surface area contributed by atoms with Crippen LogP contribution in [0.1, 0.15) is 12.5 Å². The summed E-state index contributed by atoms with van der Waals surface area (Å²) in [5.74, 6) is 0.209. The highest BCUT2D eigenvalue weighted by molar-refractivity contribution is 7.91. The fourth-order valence-electron chi connectivity index (χ4n) is 1.36. The Kier molecular flexibility index (Phi) is 5.37. The average Bonchev–Trinajstić information content (AvgIpc) is 2.30. The van der Waals surface area contributed by atoms with Crippen LogP contribution in [0.5, 0.6) is 0 Å². The van der Waals surface area contributed by atoms with Crippen LogP contribution in [0.15, 0.2) is 18.2 Å². The van der Waals surface area contributed by atoms with Crippen molar-refractivity contribution < 1.29 is 8.42 Å². The van der Waals surface area contributed by atoms with Crippen LogP contribution in [-0.4, -0.2) is 31.5 Å². The summed E-state index contributed by atoms with van der Waals surface area (Å²) in [6, 6.07) is 5.08. The van der Waals surface area contributed by atoms with Crippen LogP contribution in [0.4, 0.5) is 5.69 Å². The fraction of sp³-hybridized carbons (Fsp3) is 0.364. The van der Waals surface area contributed by atoms with Crippen molar-refractivity contribution in [3.63, 3.8) is 0 Å². The van der Waals surface area contributed by atoms with E-state index in [9.17, 15) is 8.42 Å². The Labute approximate surface area is 117 Å². The van der Waals surface area contributed by atoms with Gasteiger partial charge >= 0.3 is 0 Å². The summed E-state index contributed by atoms with van der Waals surface area (Å²) in [6.45, 7) is 1.94. The summed E-state index contributed by atoms with van der Waals surface area (Å²) in [6.07, 6.45) is 0. The number of halogens is 1. The number of hydrogen-bond acceptors (Lipinski definition) is 4. The molecule has 1 aromatic carbocycles. The molecule has 1 aromatic rings. The van der Waals surface area contributed by atoms with Gasteiger partial charge in [0, 0.05) is 28.6 Å². The van der Waals surface area contributed by atoms with Gasteiger partial charge in [0.15, 0.2) is 9.84 Å². The second kappa shape index (κ2) is 6.36. The number of rotatable bonds is 6. The molecule has 0 aliphatic rings. The Morgan fingerprint density at radius 2 is 2.17 bits per heavy atom. The van der Waals surface area contributed by atoms with E-state index in [1.165, 1.54) is 0 Å². The molecule has 100 valence electrons. The normalized spacial score (nSPS) is 11.2. The van der Waals surface area contributed by atoms with Crippen LogP contribution in [-0.2, 0) is 9.84 Å². The third-order valence-corrected chi connectivity index (χ3v) is 4.58. The molecule has 0 spiro atoms. The minimum Gasteiger partial charge on any atom is -0.389 e. The zero-order valence-corrected chi connectivity index (χ0v) is 12.3. The van der Waals surface area contributed by atoms with Crippen molar-refractivity contribution in [2.24, 2.45) is 5.73 Å². The molecular weight excluding hydrogens is 292 g/mol. The summed E-state index contributed by atoms with van der Waals surface area (Å²) in [4.78, 5) is 0.221. The lowest BCUT2D eigenvalue weighted by atomic mass is 10.2. The Hall–Kier alpha value is -0.850. The van der Waals surface area contributed by atoms with Gasteiger partial charge in [0.2, 0.25) is 0 Å². The molecule has 0 bridgehead atoms. The smallest absolute Gasteiger partial charge is 0.151 e. The predicted molar refractivity (Wildman–Crippen MR) is 80.2 cm³/mol. The molecule has 0 aromatic heterocycles. The second-order valence-corrected chi connectivity index (χ2v) is 7.07. The monoisotopic (exact) mass is 306 g/mol. The minimum atomic E-state index is -2.98. The topological polar surface area (TPSA) is 72.2 Å². The summed E-state index contributed by atoms with van der Waals surface area (Å²) >= 11 is 10.8. The number of hydrogen-bond donors (Lipinski definition) is 2. The second-order valence-electron chi connectivity index (χ2n) is 3.72. The first kappa shape index (κ1) is 15.2. The standard InChI is InChI=1S/C11H15ClN2O2S2/c1-2-18(15,16)6-5-14-10-4-3-8(12)7-9(10)11(13)17/h3-4,7,14H,2,5-6H2,1H3,(H2,13,17). The van der Waals surface area contributed by atoms with Crippen LogP contribution in [0.2, 0.25) is 5.02 Å². The van der Waals surface area contributed by atoms with Gasteiger partial charge in [-0.05, 0) is 18.2 Å². The van der Waals surface area contributed by atoms with E-state index in [2.05, 4.69) is 5.32 Å². The predicted octanol–water partition coefficient (Wildman–Crippen LogP) is 1.82. The lowest BCUT2D eigenvalue weighted by Gasteiger charge is -2.11. The molecule has 0 aliphatic carbocycles. The number of nitrogens with one attached hydrogen (secondary N) is 1. The highest BCUT2D eigenvalue weighted by Crippen LogP contribution is 2.20. The minimum absolute atomic E-state index is 0.0723. The zero-order chi connectivity index (χ0) is 13.8. The lowest BCUT2D eigenvalue weighted by Crippen LogP contribution is -2.19. The maximum absolute atomic E-state index is 11.4. The van der Waals surface area contributed by atoms with Crippen molar-refractivity contribution >= 4 is 44.3 Å².